The summed E-state index contributed by atoms with van der Waals surface area (Å²) in [4.78, 5) is 28.4. The lowest BCUT2D eigenvalue weighted by molar-refractivity contribution is -0.126. The highest BCUT2D eigenvalue weighted by atomic mass is 35.5. The minimum absolute atomic E-state index is 0. The third-order valence-corrected chi connectivity index (χ3v) is 6.94. The van der Waals surface area contributed by atoms with Crippen LogP contribution in [-0.2, 0) is 4.79 Å². The second-order valence-electron chi connectivity index (χ2n) is 8.48. The van der Waals surface area contributed by atoms with Crippen molar-refractivity contribution in [1.82, 2.24) is 10.2 Å². The molecule has 2 saturated carbocycles. The molecule has 5 atom stereocenters. The minimum atomic E-state index is -0.343. The van der Waals surface area contributed by atoms with Gasteiger partial charge in [-0.15, -0.1) is 12.4 Å². The van der Waals surface area contributed by atoms with Crippen LogP contribution < -0.4 is 11.1 Å². The average molecular weight is 406 g/mol. The Balaban J connectivity index is 0.00000225. The summed E-state index contributed by atoms with van der Waals surface area (Å²) in [5.74, 6) is 0.859. The number of hydrogen-bond acceptors (Lipinski definition) is 3. The lowest BCUT2D eigenvalue weighted by Gasteiger charge is -2.34. The molecule has 4 rings (SSSR count). The number of fused-ring (bicyclic) bond motifs is 1. The first-order valence-corrected chi connectivity index (χ1v) is 10.6. The number of amides is 2. The second-order valence-corrected chi connectivity index (χ2v) is 8.48. The third-order valence-electron chi connectivity index (χ3n) is 6.94. The number of rotatable bonds is 4. The molecular weight excluding hydrogens is 374 g/mol. The Kier molecular flexibility index (Phi) is 7.00. The van der Waals surface area contributed by atoms with Gasteiger partial charge in [0.1, 0.15) is 6.04 Å². The van der Waals surface area contributed by atoms with Gasteiger partial charge in [-0.05, 0) is 62.6 Å². The fraction of sp³-hybridized carbons (Fsp3) is 0.636. The average Bonchev–Trinajstić information content (AvgIpc) is 3.32. The topological polar surface area (TPSA) is 75.4 Å². The van der Waals surface area contributed by atoms with Crippen LogP contribution in [0.25, 0.3) is 0 Å². The Morgan fingerprint density at radius 3 is 2.54 bits per heavy atom. The van der Waals surface area contributed by atoms with Gasteiger partial charge in [-0.1, -0.05) is 37.5 Å². The van der Waals surface area contributed by atoms with Crippen molar-refractivity contribution in [3.8, 4) is 0 Å². The normalized spacial score (nSPS) is 31.8. The largest absolute Gasteiger partial charge is 0.351 e. The van der Waals surface area contributed by atoms with Crippen LogP contribution in [0.5, 0.6) is 0 Å². The van der Waals surface area contributed by atoms with Gasteiger partial charge >= 0.3 is 0 Å². The maximum atomic E-state index is 13.3. The first-order valence-electron chi connectivity index (χ1n) is 10.6. The van der Waals surface area contributed by atoms with Gasteiger partial charge in [-0.3, -0.25) is 9.59 Å². The molecule has 1 aromatic carbocycles. The summed E-state index contributed by atoms with van der Waals surface area (Å²) < 4.78 is 0. The lowest BCUT2D eigenvalue weighted by Crippen LogP contribution is -2.52. The minimum Gasteiger partial charge on any atom is -0.351 e. The SMILES string of the molecule is Cl.NCC1CCCC1NC(=O)C1CC2CCCCC2N1C(=O)c1ccccc1. The van der Waals surface area contributed by atoms with Gasteiger partial charge in [0.2, 0.25) is 5.91 Å². The number of nitrogens with two attached hydrogens (primary N) is 1. The zero-order chi connectivity index (χ0) is 18.8. The Hall–Kier alpha value is -1.59. The van der Waals surface area contributed by atoms with Crippen LogP contribution in [0.3, 0.4) is 0 Å². The van der Waals surface area contributed by atoms with Crippen molar-refractivity contribution in [3.05, 3.63) is 35.9 Å². The molecule has 6 heteroatoms. The quantitative estimate of drug-likeness (QED) is 0.808. The summed E-state index contributed by atoms with van der Waals surface area (Å²) in [6.45, 7) is 0.619. The highest BCUT2D eigenvalue weighted by Gasteiger charge is 2.48. The third kappa shape index (κ3) is 4.06. The number of carbonyl (C=O) groups is 2. The van der Waals surface area contributed by atoms with Gasteiger partial charge in [0, 0.05) is 17.6 Å². The van der Waals surface area contributed by atoms with Crippen LogP contribution in [-0.4, -0.2) is 41.4 Å². The Morgan fingerprint density at radius 2 is 1.79 bits per heavy atom. The predicted octanol–water partition coefficient (Wildman–Crippen LogP) is 3.13. The van der Waals surface area contributed by atoms with E-state index < -0.39 is 0 Å². The zero-order valence-electron chi connectivity index (χ0n) is 16.4. The number of benzene rings is 1. The molecule has 1 aromatic rings. The van der Waals surface area contributed by atoms with E-state index in [1.165, 1.54) is 6.42 Å². The molecule has 1 aliphatic heterocycles. The van der Waals surface area contributed by atoms with Crippen LogP contribution in [0.4, 0.5) is 0 Å². The van der Waals surface area contributed by atoms with Crippen molar-refractivity contribution < 1.29 is 9.59 Å². The van der Waals surface area contributed by atoms with Crippen molar-refractivity contribution in [2.75, 3.05) is 6.54 Å². The van der Waals surface area contributed by atoms with E-state index >= 15 is 0 Å². The second kappa shape index (κ2) is 9.27. The van der Waals surface area contributed by atoms with E-state index in [0.717, 1.165) is 44.9 Å². The van der Waals surface area contributed by atoms with Gasteiger partial charge in [-0.25, -0.2) is 0 Å². The molecule has 5 unspecified atom stereocenters. The smallest absolute Gasteiger partial charge is 0.254 e. The molecular formula is C22H32ClN3O2. The number of halogens is 1. The monoisotopic (exact) mass is 405 g/mol. The number of nitrogens with zero attached hydrogens (tertiary/aromatic N) is 1. The number of likely N-dealkylation sites (tertiary alicyclic amines) is 1. The van der Waals surface area contributed by atoms with E-state index in [0.29, 0.717) is 23.9 Å². The molecule has 5 nitrogen and oxygen atoms in total. The molecule has 154 valence electrons. The molecule has 3 aliphatic rings. The van der Waals surface area contributed by atoms with Crippen LogP contribution in [0.1, 0.15) is 61.7 Å². The van der Waals surface area contributed by atoms with E-state index in [2.05, 4.69) is 5.32 Å². The fourth-order valence-corrected chi connectivity index (χ4v) is 5.50. The number of nitrogens with one attached hydrogen (secondary N) is 1. The van der Waals surface area contributed by atoms with Crippen molar-refractivity contribution in [2.24, 2.45) is 17.6 Å². The molecule has 1 saturated heterocycles. The standard InChI is InChI=1S/C22H31N3O2.ClH/c23-14-17-10-6-11-18(17)24-21(26)20-13-16-9-4-5-12-19(16)25(20)22(27)15-7-2-1-3-8-15;/h1-3,7-8,16-20H,4-6,9-14,23H2,(H,24,26);1H. The highest BCUT2D eigenvalue weighted by Crippen LogP contribution is 2.40. The molecule has 1 heterocycles. The summed E-state index contributed by atoms with van der Waals surface area (Å²) >= 11 is 0. The van der Waals surface area contributed by atoms with E-state index in [1.807, 2.05) is 35.2 Å². The van der Waals surface area contributed by atoms with Crippen LogP contribution in [0, 0.1) is 11.8 Å². The van der Waals surface area contributed by atoms with Crippen molar-refractivity contribution in [1.29, 1.82) is 0 Å². The van der Waals surface area contributed by atoms with Gasteiger partial charge in [0.05, 0.1) is 0 Å². The van der Waals surface area contributed by atoms with E-state index in [4.69, 9.17) is 5.73 Å². The Labute approximate surface area is 173 Å². The maximum Gasteiger partial charge on any atom is 0.254 e. The van der Waals surface area contributed by atoms with E-state index in [-0.39, 0.29) is 42.3 Å². The summed E-state index contributed by atoms with van der Waals surface area (Å²) in [6.07, 6.45) is 8.50. The van der Waals surface area contributed by atoms with Crippen molar-refractivity contribution in [3.63, 3.8) is 0 Å². The van der Waals surface area contributed by atoms with Gasteiger partial charge in [0.25, 0.3) is 5.91 Å². The Morgan fingerprint density at radius 1 is 1.04 bits per heavy atom. The van der Waals surface area contributed by atoms with Gasteiger partial charge < -0.3 is 16.0 Å². The molecule has 0 radical (unpaired) electrons. The molecule has 28 heavy (non-hydrogen) atoms. The summed E-state index contributed by atoms with van der Waals surface area (Å²) in [5, 5.41) is 3.26. The molecule has 3 N–H and O–H groups in total. The van der Waals surface area contributed by atoms with Crippen molar-refractivity contribution >= 4 is 24.2 Å². The van der Waals surface area contributed by atoms with Crippen molar-refractivity contribution in [2.45, 2.75) is 69.5 Å². The molecule has 0 bridgehead atoms. The van der Waals surface area contributed by atoms with Crippen LogP contribution in [0.2, 0.25) is 0 Å². The lowest BCUT2D eigenvalue weighted by atomic mass is 9.84. The van der Waals surface area contributed by atoms with Crippen LogP contribution in [0.15, 0.2) is 30.3 Å². The van der Waals surface area contributed by atoms with E-state index in [1.54, 1.807) is 0 Å². The van der Waals surface area contributed by atoms with Gasteiger partial charge in [0.15, 0.2) is 0 Å². The zero-order valence-corrected chi connectivity index (χ0v) is 17.2. The first kappa shape index (κ1) is 21.1. The maximum absolute atomic E-state index is 13.3. The Bertz CT molecular complexity index is 684. The molecule has 3 fully saturated rings. The molecule has 0 spiro atoms. The molecule has 2 aliphatic carbocycles. The molecule has 2 amide bonds. The molecule has 0 aromatic heterocycles. The van der Waals surface area contributed by atoms with Crippen LogP contribution >= 0.6 is 12.4 Å². The number of hydrogen-bond donors (Lipinski definition) is 2. The summed E-state index contributed by atoms with van der Waals surface area (Å²) in [6, 6.07) is 9.44. The highest BCUT2D eigenvalue weighted by molar-refractivity contribution is 5.98. The summed E-state index contributed by atoms with van der Waals surface area (Å²) in [7, 11) is 0. The summed E-state index contributed by atoms with van der Waals surface area (Å²) in [5.41, 5.74) is 6.57. The predicted molar refractivity (Wildman–Crippen MR) is 112 cm³/mol. The first-order chi connectivity index (χ1) is 13.2. The van der Waals surface area contributed by atoms with Gasteiger partial charge in [-0.2, -0.15) is 0 Å². The van der Waals surface area contributed by atoms with E-state index in [9.17, 15) is 9.59 Å². The number of carbonyl (C=O) groups excluding carboxylic acids is 2. The fourth-order valence-electron chi connectivity index (χ4n) is 5.50.